The van der Waals surface area contributed by atoms with Gasteiger partial charge in [-0.05, 0) is 72.9 Å². The molecule has 6 heterocycles. The Hall–Kier alpha value is -10.3. The summed E-state index contributed by atoms with van der Waals surface area (Å²) in [7, 11) is -11.7. The number of fused-ring (bicyclic) bond motifs is 3. The topological polar surface area (TPSA) is 454 Å². The van der Waals surface area contributed by atoms with Gasteiger partial charge in [0, 0.05) is 36.7 Å². The third kappa shape index (κ3) is 22.8. The Labute approximate surface area is 599 Å². The maximum Gasteiger partial charge on any atom is 0.356 e. The van der Waals surface area contributed by atoms with Crippen LogP contribution in [0.1, 0.15) is 55.8 Å². The Bertz CT molecular complexity index is 5230. The van der Waals surface area contributed by atoms with Gasteiger partial charge in [-0.15, -0.1) is 0 Å². The first kappa shape index (κ1) is 78.3. The van der Waals surface area contributed by atoms with Gasteiger partial charge >= 0.3 is 22.8 Å². The first-order valence-corrected chi connectivity index (χ1v) is 37.5. The van der Waals surface area contributed by atoms with Crippen molar-refractivity contribution in [3.63, 3.8) is 0 Å². The van der Waals surface area contributed by atoms with E-state index in [-0.39, 0.29) is 140 Å². The van der Waals surface area contributed by atoms with E-state index in [4.69, 9.17) is 58.6 Å². The molecular formula is C67H71F3N15O18P3. The highest BCUT2D eigenvalue weighted by Crippen LogP contribution is 2.51. The molecule has 0 aliphatic heterocycles. The van der Waals surface area contributed by atoms with E-state index in [1.165, 1.54) is 73.6 Å². The lowest BCUT2D eigenvalue weighted by atomic mass is 10.1. The molecule has 3 atom stereocenters. The summed E-state index contributed by atoms with van der Waals surface area (Å²) in [6.07, 6.45) is 4.49. The molecule has 3 unspecified atom stereocenters. The molecule has 9 N–H and O–H groups in total. The number of carbonyl (C=O) groups is 3. The summed E-state index contributed by atoms with van der Waals surface area (Å²) in [5.41, 5.74) is 19.7. The summed E-state index contributed by atoms with van der Waals surface area (Å²) >= 11 is 0. The van der Waals surface area contributed by atoms with E-state index in [9.17, 15) is 55.6 Å². The number of nitrogens with zero attached hydrogens (tertiary/aromatic N) is 9. The Kier molecular flexibility index (Phi) is 27.0. The third-order valence-corrected chi connectivity index (χ3v) is 19.9. The molecule has 558 valence electrons. The average Bonchev–Trinajstić information content (AvgIpc) is 1.67. The van der Waals surface area contributed by atoms with Gasteiger partial charge in [0.2, 0.25) is 17.8 Å². The van der Waals surface area contributed by atoms with Crippen molar-refractivity contribution in [2.24, 2.45) is 5.92 Å². The van der Waals surface area contributed by atoms with Crippen LogP contribution in [0.4, 0.5) is 31.0 Å². The maximum absolute atomic E-state index is 13.5. The molecule has 0 amide bonds. The quantitative estimate of drug-likeness (QED) is 0.0121. The number of hydrogen-bond donors (Lipinski definition) is 6. The van der Waals surface area contributed by atoms with Crippen LogP contribution < -0.4 is 33.9 Å². The molecule has 106 heavy (non-hydrogen) atoms. The van der Waals surface area contributed by atoms with E-state index in [1.807, 2.05) is 6.92 Å². The molecule has 6 aromatic heterocycles. The van der Waals surface area contributed by atoms with Crippen LogP contribution in [-0.2, 0) is 99.3 Å². The average molecular weight is 1520 g/mol. The zero-order valence-electron chi connectivity index (χ0n) is 56.5. The lowest BCUT2D eigenvalue weighted by Gasteiger charge is -2.19. The van der Waals surface area contributed by atoms with Crippen LogP contribution in [0.2, 0.25) is 0 Å². The molecule has 0 saturated heterocycles. The van der Waals surface area contributed by atoms with Gasteiger partial charge in [-0.1, -0.05) is 96.6 Å². The number of H-pyrrole nitrogens is 3. The number of halogens is 3. The van der Waals surface area contributed by atoms with Crippen molar-refractivity contribution in [2.75, 3.05) is 75.9 Å². The van der Waals surface area contributed by atoms with Crippen molar-refractivity contribution < 1.29 is 82.6 Å². The zero-order chi connectivity index (χ0) is 75.4. The van der Waals surface area contributed by atoms with Crippen LogP contribution in [0.15, 0.2) is 161 Å². The summed E-state index contributed by atoms with van der Waals surface area (Å²) in [5.74, 6) is -2.50. The SMILES string of the molecule is Cc1ccc(C(=O)COP(=O)(COCCn2cnc3c(=O)[nH]c(N)nc32)OCc2cccc(F)c2)cc1.Nc1nc2c(ncn2CCOCP(=O)(OCC(=O)C2CC2)OCc2cccc(F)c2)c(=O)[nH]1.Nc1nc2c(ncn2CCOCP(=O)(OCC(=O)c2ccccc2)OCc2cccc(F)c2)c(=O)[nH]1. The standard InChI is InChI=1S/C24H25FN5O6P.C23H23FN5O6P.C20H23FN5O6P/c1-16-5-7-18(8-6-16)20(31)13-36-37(33,35-12-17-3-2-4-19(25)11-17)15-34-10-9-30-14-27-21-22(30)28-24(26)29-23(21)32;24-18-8-4-5-16(11-18)12-34-36(32,35-13-19(30)17-6-2-1-3-7-17)15-33-10-9-29-14-26-20-21(29)27-23(25)28-22(20)31;21-15-3-1-2-13(8-15)9-31-33(29,32-10-16(27)14-4-5-14)12-30-7-6-26-11-23-17-18(26)24-20(22)25-19(17)28/h2-8,11,14H,9-10,12-13,15H2,1H3,(H3,26,28,29,32);1-8,11,14H,9-10,12-13,15H2,(H3,25,27,28,31);1-3,8,11,14H,4-7,9-10,12H2,(H3,22,24,25,28). The number of hydrogen-bond acceptors (Lipinski definition) is 27. The van der Waals surface area contributed by atoms with Crippen LogP contribution in [0, 0.1) is 30.3 Å². The molecule has 1 aliphatic rings. The molecule has 1 fully saturated rings. The second-order valence-electron chi connectivity index (χ2n) is 23.5. The Morgan fingerprint density at radius 2 is 0.802 bits per heavy atom. The van der Waals surface area contributed by atoms with E-state index >= 15 is 0 Å². The molecule has 0 bridgehead atoms. The minimum atomic E-state index is -3.94. The van der Waals surface area contributed by atoms with E-state index in [1.54, 1.807) is 86.5 Å². The molecular weight excluding hydrogens is 1450 g/mol. The summed E-state index contributed by atoms with van der Waals surface area (Å²) in [6.45, 7) is 0.739. The summed E-state index contributed by atoms with van der Waals surface area (Å²) < 4.78 is 134. The second kappa shape index (κ2) is 36.6. The molecule has 0 radical (unpaired) electrons. The number of nitrogens with two attached hydrogens (primary N) is 3. The number of Topliss-reactive ketones (excluding diaryl/α,β-unsaturated/α-hetero) is 3. The summed E-state index contributed by atoms with van der Waals surface area (Å²) in [4.78, 5) is 104. The fraction of sp³-hybridized carbons (Fsp3) is 0.284. The molecule has 12 rings (SSSR count). The second-order valence-corrected chi connectivity index (χ2v) is 29.5. The van der Waals surface area contributed by atoms with Crippen LogP contribution in [0.5, 0.6) is 0 Å². The van der Waals surface area contributed by atoms with Gasteiger partial charge < -0.3 is 58.7 Å². The number of ether oxygens (including phenoxy) is 3. The number of aromatic nitrogens is 12. The molecule has 1 aliphatic carbocycles. The Morgan fingerprint density at radius 1 is 0.462 bits per heavy atom. The Balaban J connectivity index is 0.000000170. The highest BCUT2D eigenvalue weighted by Gasteiger charge is 2.34. The van der Waals surface area contributed by atoms with E-state index in [0.29, 0.717) is 27.8 Å². The highest BCUT2D eigenvalue weighted by atomic mass is 31.2. The van der Waals surface area contributed by atoms with Gasteiger partial charge in [-0.3, -0.25) is 71.0 Å². The molecule has 0 spiro atoms. The zero-order valence-corrected chi connectivity index (χ0v) is 59.2. The number of nitrogen functional groups attached to an aromatic ring is 3. The number of anilines is 3. The highest BCUT2D eigenvalue weighted by molar-refractivity contribution is 7.54. The lowest BCUT2D eigenvalue weighted by molar-refractivity contribution is -0.122. The van der Waals surface area contributed by atoms with Crippen molar-refractivity contribution in [3.8, 4) is 0 Å². The van der Waals surface area contributed by atoms with Gasteiger partial charge in [-0.25, -0.2) is 28.1 Å². The monoisotopic (exact) mass is 1520 g/mol. The number of imidazole rings is 3. The predicted octanol–water partition coefficient (Wildman–Crippen LogP) is 8.78. The molecule has 33 nitrogen and oxygen atoms in total. The van der Waals surface area contributed by atoms with Crippen LogP contribution in [-0.4, -0.2) is 135 Å². The minimum absolute atomic E-state index is 0.0302. The number of benzene rings is 5. The largest absolute Gasteiger partial charge is 0.369 e. The van der Waals surface area contributed by atoms with Crippen molar-refractivity contribution in [1.29, 1.82) is 0 Å². The fourth-order valence-corrected chi connectivity index (χ4v) is 13.4. The molecule has 5 aromatic carbocycles. The number of rotatable bonds is 36. The Morgan fingerprint density at radius 3 is 1.14 bits per heavy atom. The van der Waals surface area contributed by atoms with E-state index < -0.39 is 89.2 Å². The number of aryl methyl sites for hydroxylation is 1. The van der Waals surface area contributed by atoms with Gasteiger partial charge in [0.1, 0.15) is 56.3 Å². The normalized spacial score (nSPS) is 13.8. The van der Waals surface area contributed by atoms with Crippen molar-refractivity contribution in [2.45, 2.75) is 59.2 Å². The number of aromatic amines is 3. The summed E-state index contributed by atoms with van der Waals surface area (Å²) in [6, 6.07) is 32.2. The number of ketones is 3. The van der Waals surface area contributed by atoms with Crippen LogP contribution in [0.25, 0.3) is 33.5 Å². The minimum Gasteiger partial charge on any atom is -0.369 e. The predicted molar refractivity (Wildman–Crippen MR) is 378 cm³/mol. The molecule has 11 aromatic rings. The molecule has 39 heteroatoms. The van der Waals surface area contributed by atoms with Crippen molar-refractivity contribution in [3.05, 3.63) is 228 Å². The van der Waals surface area contributed by atoms with Crippen molar-refractivity contribution >= 4 is 91.5 Å². The summed E-state index contributed by atoms with van der Waals surface area (Å²) in [5, 5.41) is 0. The number of nitrogens with one attached hydrogen (secondary N) is 3. The van der Waals surface area contributed by atoms with Gasteiger partial charge in [-0.2, -0.15) is 15.0 Å². The number of carbonyl (C=O) groups excluding carboxylic acids is 3. The van der Waals surface area contributed by atoms with Crippen LogP contribution >= 0.6 is 22.8 Å². The van der Waals surface area contributed by atoms with Crippen molar-refractivity contribution in [1.82, 2.24) is 58.6 Å². The van der Waals surface area contributed by atoms with E-state index in [2.05, 4.69) is 44.9 Å². The smallest absolute Gasteiger partial charge is 0.356 e. The third-order valence-electron chi connectivity index (χ3n) is 15.3. The van der Waals surface area contributed by atoms with E-state index in [0.717, 1.165) is 18.4 Å². The molecule has 1 saturated carbocycles. The maximum atomic E-state index is 13.5. The lowest BCUT2D eigenvalue weighted by Crippen LogP contribution is -2.14. The van der Waals surface area contributed by atoms with Gasteiger partial charge in [0.05, 0.1) is 58.6 Å². The first-order chi connectivity index (χ1) is 50.9. The van der Waals surface area contributed by atoms with Crippen LogP contribution in [0.3, 0.4) is 0 Å². The fourth-order valence-electron chi connectivity index (χ4n) is 9.68. The van der Waals surface area contributed by atoms with Gasteiger partial charge in [0.25, 0.3) is 16.7 Å². The first-order valence-electron chi connectivity index (χ1n) is 32.3. The van der Waals surface area contributed by atoms with Gasteiger partial charge in [0.15, 0.2) is 50.8 Å².